The first kappa shape index (κ1) is 20.1. The van der Waals surface area contributed by atoms with E-state index in [4.69, 9.17) is 9.98 Å². The zero-order valence-electron chi connectivity index (χ0n) is 18.5. The minimum Gasteiger partial charge on any atom is -0.261 e. The minimum atomic E-state index is 0.604. The Morgan fingerprint density at radius 2 is 1.47 bits per heavy atom. The van der Waals surface area contributed by atoms with Crippen LogP contribution in [0.5, 0.6) is 0 Å². The molecular formula is C30H26N2. The highest BCUT2D eigenvalue weighted by atomic mass is 14.9. The lowest BCUT2D eigenvalue weighted by atomic mass is 9.98. The molecule has 1 aliphatic carbocycles. The van der Waals surface area contributed by atoms with Gasteiger partial charge in [0.15, 0.2) is 5.84 Å². The minimum absolute atomic E-state index is 0.604. The molecule has 4 aromatic rings. The third kappa shape index (κ3) is 4.04. The maximum Gasteiger partial charge on any atom is 0.155 e. The van der Waals surface area contributed by atoms with E-state index in [1.54, 1.807) is 0 Å². The van der Waals surface area contributed by atoms with E-state index < -0.39 is 0 Å². The van der Waals surface area contributed by atoms with Crippen LogP contribution in [-0.4, -0.2) is 11.5 Å². The lowest BCUT2D eigenvalue weighted by Gasteiger charge is -2.10. The van der Waals surface area contributed by atoms with Crippen LogP contribution in [0.15, 0.2) is 107 Å². The summed E-state index contributed by atoms with van der Waals surface area (Å²) in [5, 5.41) is 0. The smallest absolute Gasteiger partial charge is 0.155 e. The van der Waals surface area contributed by atoms with E-state index in [0.29, 0.717) is 6.54 Å². The van der Waals surface area contributed by atoms with E-state index in [1.807, 2.05) is 43.3 Å². The van der Waals surface area contributed by atoms with Gasteiger partial charge < -0.3 is 0 Å². The second-order valence-corrected chi connectivity index (χ2v) is 8.36. The van der Waals surface area contributed by atoms with Crippen LogP contribution in [0.1, 0.15) is 40.3 Å². The molecule has 0 saturated carbocycles. The van der Waals surface area contributed by atoms with Crippen molar-refractivity contribution in [2.45, 2.75) is 26.8 Å². The Kier molecular flexibility index (Phi) is 5.51. The van der Waals surface area contributed by atoms with Crippen LogP contribution in [-0.2, 0) is 13.0 Å². The molecule has 0 fully saturated rings. The predicted molar refractivity (Wildman–Crippen MR) is 135 cm³/mol. The highest BCUT2D eigenvalue weighted by Gasteiger charge is 2.21. The van der Waals surface area contributed by atoms with Gasteiger partial charge in [0.2, 0.25) is 0 Å². The van der Waals surface area contributed by atoms with Crippen molar-refractivity contribution in [1.82, 2.24) is 0 Å². The molecule has 1 aliphatic rings. The van der Waals surface area contributed by atoms with Crippen molar-refractivity contribution in [3.8, 4) is 11.1 Å². The Morgan fingerprint density at radius 3 is 2.22 bits per heavy atom. The lowest BCUT2D eigenvalue weighted by Crippen LogP contribution is -2.04. The number of amidine groups is 1. The Hall–Kier alpha value is -3.78. The van der Waals surface area contributed by atoms with E-state index in [1.165, 1.54) is 33.4 Å². The average molecular weight is 415 g/mol. The van der Waals surface area contributed by atoms with Crippen molar-refractivity contribution in [2.75, 3.05) is 0 Å². The van der Waals surface area contributed by atoms with Gasteiger partial charge in [0.05, 0.1) is 6.54 Å². The molecule has 0 saturated heterocycles. The van der Waals surface area contributed by atoms with Gasteiger partial charge in [0.1, 0.15) is 0 Å². The summed E-state index contributed by atoms with van der Waals surface area (Å²) in [6, 6.07) is 33.9. The van der Waals surface area contributed by atoms with E-state index in [0.717, 1.165) is 29.1 Å². The average Bonchev–Trinajstić information content (AvgIpc) is 3.21. The molecule has 2 nitrogen and oxygen atoms in total. The van der Waals surface area contributed by atoms with Crippen LogP contribution in [0, 0.1) is 6.92 Å². The van der Waals surface area contributed by atoms with E-state index in [-0.39, 0.29) is 0 Å². The van der Waals surface area contributed by atoms with Crippen molar-refractivity contribution in [3.05, 3.63) is 130 Å². The molecule has 0 aliphatic heterocycles. The van der Waals surface area contributed by atoms with Crippen LogP contribution >= 0.6 is 0 Å². The fourth-order valence-corrected chi connectivity index (χ4v) is 4.40. The summed E-state index contributed by atoms with van der Waals surface area (Å²) in [7, 11) is 0. The first-order valence-corrected chi connectivity index (χ1v) is 11.1. The maximum atomic E-state index is 5.03. The molecule has 0 radical (unpaired) electrons. The number of hydrogen-bond acceptors (Lipinski definition) is 1. The third-order valence-corrected chi connectivity index (χ3v) is 6.05. The van der Waals surface area contributed by atoms with Gasteiger partial charge >= 0.3 is 0 Å². The van der Waals surface area contributed by atoms with Crippen molar-refractivity contribution < 1.29 is 0 Å². The molecule has 0 N–H and O–H groups in total. The highest BCUT2D eigenvalue weighted by Crippen LogP contribution is 2.39. The monoisotopic (exact) mass is 414 g/mol. The number of hydrogen-bond donors (Lipinski definition) is 0. The maximum absolute atomic E-state index is 5.03. The van der Waals surface area contributed by atoms with Crippen molar-refractivity contribution in [2.24, 2.45) is 9.98 Å². The number of fused-ring (bicyclic) bond motifs is 3. The van der Waals surface area contributed by atoms with E-state index in [2.05, 4.69) is 67.6 Å². The van der Waals surface area contributed by atoms with Crippen LogP contribution < -0.4 is 0 Å². The first-order valence-electron chi connectivity index (χ1n) is 11.1. The van der Waals surface area contributed by atoms with Crippen LogP contribution in [0.25, 0.3) is 11.1 Å². The zero-order valence-corrected chi connectivity index (χ0v) is 18.5. The SMILES string of the molecule is CC(=NC(=NCc1cccc2c1-c1cc(C)ccc1C2)c1ccccc1)c1ccccc1. The number of nitrogens with zero attached hydrogens (tertiary/aromatic N) is 2. The number of rotatable bonds is 4. The van der Waals surface area contributed by atoms with Crippen LogP contribution in [0.3, 0.4) is 0 Å². The third-order valence-electron chi connectivity index (χ3n) is 6.05. The van der Waals surface area contributed by atoms with Crippen molar-refractivity contribution >= 4 is 11.5 Å². The van der Waals surface area contributed by atoms with Crippen molar-refractivity contribution in [3.63, 3.8) is 0 Å². The molecule has 0 heterocycles. The fourth-order valence-electron chi connectivity index (χ4n) is 4.40. The lowest BCUT2D eigenvalue weighted by molar-refractivity contribution is 1.06. The summed E-state index contributed by atoms with van der Waals surface area (Å²) >= 11 is 0. The van der Waals surface area contributed by atoms with Crippen LogP contribution in [0.2, 0.25) is 0 Å². The Labute approximate surface area is 190 Å². The molecule has 5 rings (SSSR count). The van der Waals surface area contributed by atoms with Gasteiger partial charge in [0.25, 0.3) is 0 Å². The van der Waals surface area contributed by atoms with Crippen LogP contribution in [0.4, 0.5) is 0 Å². The summed E-state index contributed by atoms with van der Waals surface area (Å²) < 4.78 is 0. The summed E-state index contributed by atoms with van der Waals surface area (Å²) in [5.41, 5.74) is 11.2. The van der Waals surface area contributed by atoms with E-state index in [9.17, 15) is 0 Å². The largest absolute Gasteiger partial charge is 0.261 e. The number of benzene rings is 4. The summed E-state index contributed by atoms with van der Waals surface area (Å²) in [6.07, 6.45) is 0.999. The molecule has 0 aromatic heterocycles. The second-order valence-electron chi connectivity index (χ2n) is 8.36. The Morgan fingerprint density at radius 1 is 0.750 bits per heavy atom. The van der Waals surface area contributed by atoms with E-state index >= 15 is 0 Å². The second kappa shape index (κ2) is 8.76. The molecule has 0 atom stereocenters. The molecule has 0 amide bonds. The topological polar surface area (TPSA) is 24.7 Å². The number of aryl methyl sites for hydroxylation is 1. The van der Waals surface area contributed by atoms with Gasteiger partial charge in [-0.25, -0.2) is 4.99 Å². The van der Waals surface area contributed by atoms with Gasteiger partial charge in [-0.3, -0.25) is 4.99 Å². The summed E-state index contributed by atoms with van der Waals surface area (Å²) in [4.78, 5) is 9.98. The Bertz CT molecular complexity index is 1320. The summed E-state index contributed by atoms with van der Waals surface area (Å²) in [6.45, 7) is 4.81. The summed E-state index contributed by atoms with van der Waals surface area (Å²) in [5.74, 6) is 0.770. The van der Waals surface area contributed by atoms with Gasteiger partial charge in [-0.05, 0) is 53.6 Å². The quantitative estimate of drug-likeness (QED) is 0.223. The fraction of sp³-hybridized carbons (Fsp3) is 0.133. The predicted octanol–water partition coefficient (Wildman–Crippen LogP) is 7.02. The highest BCUT2D eigenvalue weighted by molar-refractivity contribution is 6.11. The Balaban J connectivity index is 1.55. The first-order chi connectivity index (χ1) is 15.7. The van der Waals surface area contributed by atoms with Gasteiger partial charge in [-0.15, -0.1) is 0 Å². The zero-order chi connectivity index (χ0) is 21.9. The molecule has 2 heteroatoms. The molecular weight excluding hydrogens is 388 g/mol. The van der Waals surface area contributed by atoms with Gasteiger partial charge in [-0.1, -0.05) is 103 Å². The molecule has 0 bridgehead atoms. The molecule has 156 valence electrons. The molecule has 0 unspecified atom stereocenters. The van der Waals surface area contributed by atoms with Gasteiger partial charge in [-0.2, -0.15) is 0 Å². The molecule has 0 spiro atoms. The number of aliphatic imine (C=N–C) groups is 2. The molecule has 4 aromatic carbocycles. The van der Waals surface area contributed by atoms with Crippen molar-refractivity contribution in [1.29, 1.82) is 0 Å². The standard InChI is InChI=1S/C30H26N2/c1-21-16-17-25-19-26-14-9-15-27(29(26)28(25)18-21)20-31-30(24-12-7-4-8-13-24)32-22(2)23-10-5-3-6-11-23/h3-18H,19-20H2,1-2H3. The van der Waals surface area contributed by atoms with Gasteiger partial charge in [0, 0.05) is 11.3 Å². The molecule has 32 heavy (non-hydrogen) atoms. The normalized spacial score (nSPS) is 13.1.